The Morgan fingerprint density at radius 3 is 2.45 bits per heavy atom. The third kappa shape index (κ3) is 5.18. The van der Waals surface area contributed by atoms with Gasteiger partial charge in [0.05, 0.1) is 23.3 Å². The number of benzene rings is 2. The Hall–Kier alpha value is -2.18. The van der Waals surface area contributed by atoms with Gasteiger partial charge in [-0.25, -0.2) is 26.3 Å². The van der Waals surface area contributed by atoms with Crippen LogP contribution < -0.4 is 10.0 Å². The first-order valence-electron chi connectivity index (χ1n) is 9.13. The number of sulfonamides is 1. The maximum Gasteiger partial charge on any atom is 0.255 e. The first-order chi connectivity index (χ1) is 14.5. The number of halogens is 4. The summed E-state index contributed by atoms with van der Waals surface area (Å²) in [5.41, 5.74) is -0.480. The molecule has 1 saturated carbocycles. The number of hydrogen-bond donors (Lipinski definition) is 4. The van der Waals surface area contributed by atoms with Crippen molar-refractivity contribution in [2.24, 2.45) is 0 Å². The maximum absolute atomic E-state index is 14.3. The fraction of sp³-hybridized carbons (Fsp3) is 0.316. The van der Waals surface area contributed by atoms with Crippen molar-refractivity contribution >= 4 is 33.2 Å². The predicted molar refractivity (Wildman–Crippen MR) is 106 cm³/mol. The topological polar surface area (TPSA) is 116 Å². The Morgan fingerprint density at radius 2 is 1.77 bits per heavy atom. The van der Waals surface area contributed by atoms with Gasteiger partial charge in [-0.1, -0.05) is 11.6 Å². The highest BCUT2D eigenvalue weighted by atomic mass is 35.5. The molecule has 0 heterocycles. The molecule has 0 saturated heterocycles. The van der Waals surface area contributed by atoms with Crippen LogP contribution in [0.15, 0.2) is 35.2 Å². The van der Waals surface area contributed by atoms with Gasteiger partial charge in [0.2, 0.25) is 10.0 Å². The van der Waals surface area contributed by atoms with Crippen LogP contribution in [0.25, 0.3) is 0 Å². The number of rotatable bonds is 5. The number of amides is 1. The normalized spacial score (nSPS) is 21.7. The van der Waals surface area contributed by atoms with Crippen LogP contribution in [0, 0.1) is 17.5 Å². The number of anilines is 1. The SMILES string of the molecule is O=C(Nc1cc(F)c(F)c(Cl)c1)c1ccc(F)c(S(=O)(=O)NC2CCCC(O)C2O)c1. The van der Waals surface area contributed by atoms with E-state index in [1.165, 1.54) is 0 Å². The fourth-order valence-electron chi connectivity index (χ4n) is 3.23. The van der Waals surface area contributed by atoms with Crippen LogP contribution in [-0.4, -0.2) is 42.8 Å². The van der Waals surface area contributed by atoms with Crippen LogP contribution in [0.1, 0.15) is 29.6 Å². The molecular formula is C19H18ClF3N2O5S. The van der Waals surface area contributed by atoms with E-state index in [1.807, 2.05) is 0 Å². The lowest BCUT2D eigenvalue weighted by Crippen LogP contribution is -2.51. The first-order valence-corrected chi connectivity index (χ1v) is 11.0. The lowest BCUT2D eigenvalue weighted by molar-refractivity contribution is -0.0242. The van der Waals surface area contributed by atoms with Gasteiger partial charge in [0, 0.05) is 17.3 Å². The Morgan fingerprint density at radius 1 is 1.06 bits per heavy atom. The molecule has 3 unspecified atom stereocenters. The van der Waals surface area contributed by atoms with Gasteiger partial charge in [0.1, 0.15) is 10.7 Å². The van der Waals surface area contributed by atoms with Gasteiger partial charge in [0.25, 0.3) is 5.91 Å². The molecule has 4 N–H and O–H groups in total. The van der Waals surface area contributed by atoms with Crippen LogP contribution in [0.5, 0.6) is 0 Å². The second kappa shape index (κ2) is 9.13. The molecule has 1 aliphatic carbocycles. The molecule has 3 rings (SSSR count). The summed E-state index contributed by atoms with van der Waals surface area (Å²) in [6.07, 6.45) is -1.50. The molecule has 31 heavy (non-hydrogen) atoms. The van der Waals surface area contributed by atoms with E-state index < -0.39 is 61.6 Å². The highest BCUT2D eigenvalue weighted by molar-refractivity contribution is 7.89. The standard InChI is InChI=1S/C19H18ClF3N2O5S/c20-11-7-10(8-13(22)17(11)23)24-19(28)9-4-5-12(21)16(6-9)31(29,30)25-14-2-1-3-15(26)18(14)27/h4-8,14-15,18,25-27H,1-3H2,(H,24,28). The van der Waals surface area contributed by atoms with Gasteiger partial charge in [-0.2, -0.15) is 0 Å². The summed E-state index contributed by atoms with van der Waals surface area (Å²) in [5, 5.41) is 21.3. The van der Waals surface area contributed by atoms with E-state index in [9.17, 15) is 36.6 Å². The summed E-state index contributed by atoms with van der Waals surface area (Å²) >= 11 is 5.53. The van der Waals surface area contributed by atoms with Gasteiger partial charge in [-0.15, -0.1) is 0 Å². The minimum absolute atomic E-state index is 0.194. The highest BCUT2D eigenvalue weighted by Crippen LogP contribution is 2.25. The molecule has 168 valence electrons. The number of carbonyl (C=O) groups excluding carboxylic acids is 1. The fourth-order valence-corrected chi connectivity index (χ4v) is 4.83. The molecule has 1 fully saturated rings. The third-order valence-corrected chi connectivity index (χ3v) is 6.63. The number of aliphatic hydroxyl groups is 2. The number of aliphatic hydroxyl groups excluding tert-OH is 2. The molecule has 0 bridgehead atoms. The molecule has 2 aromatic carbocycles. The van der Waals surface area contributed by atoms with Crippen molar-refractivity contribution in [3.05, 3.63) is 58.4 Å². The van der Waals surface area contributed by atoms with E-state index in [0.29, 0.717) is 18.9 Å². The van der Waals surface area contributed by atoms with Crippen molar-refractivity contribution in [1.82, 2.24) is 4.72 Å². The largest absolute Gasteiger partial charge is 0.390 e. The van der Waals surface area contributed by atoms with Crippen molar-refractivity contribution in [1.29, 1.82) is 0 Å². The van der Waals surface area contributed by atoms with Gasteiger partial charge < -0.3 is 15.5 Å². The summed E-state index contributed by atoms with van der Waals surface area (Å²) in [6.45, 7) is 0. The molecule has 7 nitrogen and oxygen atoms in total. The van der Waals surface area contributed by atoms with Crippen LogP contribution >= 0.6 is 11.6 Å². The molecule has 12 heteroatoms. The average molecular weight is 479 g/mol. The summed E-state index contributed by atoms with van der Waals surface area (Å²) in [5.74, 6) is -4.67. The van der Waals surface area contributed by atoms with Gasteiger partial charge in [-0.3, -0.25) is 4.79 Å². The predicted octanol–water partition coefficient (Wildman–Crippen LogP) is 2.56. The zero-order valence-corrected chi connectivity index (χ0v) is 17.4. The number of nitrogens with one attached hydrogen (secondary N) is 2. The first kappa shape index (κ1) is 23.5. The maximum atomic E-state index is 14.3. The van der Waals surface area contributed by atoms with Crippen molar-refractivity contribution in [3.8, 4) is 0 Å². The molecule has 0 spiro atoms. The van der Waals surface area contributed by atoms with Crippen LogP contribution in [0.3, 0.4) is 0 Å². The van der Waals surface area contributed by atoms with Gasteiger partial charge in [0.15, 0.2) is 11.6 Å². The lowest BCUT2D eigenvalue weighted by atomic mass is 9.91. The number of carbonyl (C=O) groups is 1. The van der Waals surface area contributed by atoms with Crippen molar-refractivity contribution in [3.63, 3.8) is 0 Å². The lowest BCUT2D eigenvalue weighted by Gasteiger charge is -2.32. The molecule has 1 aliphatic rings. The molecule has 0 aromatic heterocycles. The van der Waals surface area contributed by atoms with Gasteiger partial charge in [-0.05, 0) is 43.5 Å². The van der Waals surface area contributed by atoms with E-state index in [4.69, 9.17) is 11.6 Å². The second-order valence-corrected chi connectivity index (χ2v) is 9.16. The molecule has 2 aromatic rings. The van der Waals surface area contributed by atoms with Crippen molar-refractivity contribution < 1.29 is 36.6 Å². The summed E-state index contributed by atoms with van der Waals surface area (Å²) in [7, 11) is -4.50. The van der Waals surface area contributed by atoms with E-state index in [0.717, 1.165) is 24.3 Å². The van der Waals surface area contributed by atoms with E-state index in [1.54, 1.807) is 0 Å². The highest BCUT2D eigenvalue weighted by Gasteiger charge is 2.34. The zero-order chi connectivity index (χ0) is 22.9. The van der Waals surface area contributed by atoms with Crippen LogP contribution in [0.4, 0.5) is 18.9 Å². The Kier molecular flexibility index (Phi) is 6.92. The molecule has 3 atom stereocenters. The quantitative estimate of drug-likeness (QED) is 0.493. The molecule has 1 amide bonds. The third-order valence-electron chi connectivity index (χ3n) is 4.85. The number of hydrogen-bond acceptors (Lipinski definition) is 5. The molecular weight excluding hydrogens is 461 g/mol. The van der Waals surface area contributed by atoms with Crippen molar-refractivity contribution in [2.75, 3.05) is 5.32 Å². The Bertz CT molecular complexity index is 1090. The van der Waals surface area contributed by atoms with E-state index >= 15 is 0 Å². The van der Waals surface area contributed by atoms with E-state index in [2.05, 4.69) is 10.0 Å². The zero-order valence-electron chi connectivity index (χ0n) is 15.8. The van der Waals surface area contributed by atoms with Gasteiger partial charge >= 0.3 is 0 Å². The Balaban J connectivity index is 1.84. The summed E-state index contributed by atoms with van der Waals surface area (Å²) in [6, 6.07) is 3.13. The van der Waals surface area contributed by atoms with Crippen LogP contribution in [0.2, 0.25) is 5.02 Å². The second-order valence-electron chi connectivity index (χ2n) is 7.07. The minimum atomic E-state index is -4.50. The average Bonchev–Trinajstić information content (AvgIpc) is 2.69. The Labute approximate surface area is 180 Å². The monoisotopic (exact) mass is 478 g/mol. The molecule has 0 aliphatic heterocycles. The summed E-state index contributed by atoms with van der Waals surface area (Å²) in [4.78, 5) is 11.6. The molecule has 0 radical (unpaired) electrons. The van der Waals surface area contributed by atoms with E-state index in [-0.39, 0.29) is 17.7 Å². The van der Waals surface area contributed by atoms with Crippen molar-refractivity contribution in [2.45, 2.75) is 42.4 Å². The van der Waals surface area contributed by atoms with Crippen LogP contribution in [-0.2, 0) is 10.0 Å². The smallest absolute Gasteiger partial charge is 0.255 e. The minimum Gasteiger partial charge on any atom is -0.390 e. The summed E-state index contributed by atoms with van der Waals surface area (Å²) < 4.78 is 68.4.